The molecule has 0 aliphatic carbocycles. The summed E-state index contributed by atoms with van der Waals surface area (Å²) < 4.78 is 14.6. The highest BCUT2D eigenvalue weighted by molar-refractivity contribution is 9.10. The molecule has 1 N–H and O–H groups in total. The highest BCUT2D eigenvalue weighted by Crippen LogP contribution is 2.30. The molecule has 0 amide bonds. The largest absolute Gasteiger partial charge is 0.313 e. The normalized spacial score (nSPS) is 12.4. The van der Waals surface area contributed by atoms with Crippen LogP contribution in [0.5, 0.6) is 0 Å². The Labute approximate surface area is 136 Å². The third-order valence-electron chi connectivity index (χ3n) is 3.12. The summed E-state index contributed by atoms with van der Waals surface area (Å²) in [6, 6.07) is 10.4. The minimum atomic E-state index is -0.283. The lowest BCUT2D eigenvalue weighted by Crippen LogP contribution is -2.20. The fourth-order valence-corrected chi connectivity index (χ4v) is 2.64. The SMILES string of the molecule is CNC(Cc1ccc(Cl)cc1)c1cc(Cl)c(Br)cc1F. The number of nitrogens with one attached hydrogen (secondary N) is 1. The van der Waals surface area contributed by atoms with Crippen molar-refractivity contribution in [1.82, 2.24) is 5.32 Å². The van der Waals surface area contributed by atoms with Gasteiger partial charge in [-0.25, -0.2) is 4.39 Å². The highest BCUT2D eigenvalue weighted by Gasteiger charge is 2.16. The molecule has 0 fully saturated rings. The lowest BCUT2D eigenvalue weighted by molar-refractivity contribution is 0.533. The molecule has 2 rings (SSSR count). The number of benzene rings is 2. The van der Waals surface area contributed by atoms with E-state index < -0.39 is 0 Å². The van der Waals surface area contributed by atoms with Crippen LogP contribution in [-0.4, -0.2) is 7.05 Å². The fourth-order valence-electron chi connectivity index (χ4n) is 2.03. The monoisotopic (exact) mass is 375 g/mol. The molecular formula is C15H13BrCl2FN. The summed E-state index contributed by atoms with van der Waals surface area (Å²) in [6.45, 7) is 0. The van der Waals surface area contributed by atoms with E-state index >= 15 is 0 Å². The van der Waals surface area contributed by atoms with Crippen molar-refractivity contribution in [2.45, 2.75) is 12.5 Å². The maximum Gasteiger partial charge on any atom is 0.129 e. The number of hydrogen-bond donors (Lipinski definition) is 1. The van der Waals surface area contributed by atoms with Crippen molar-refractivity contribution in [2.75, 3.05) is 7.05 Å². The predicted octanol–water partition coefficient (Wildman–Crippen LogP) is 5.40. The minimum Gasteiger partial charge on any atom is -0.313 e. The molecule has 2 aromatic rings. The second kappa shape index (κ2) is 6.90. The molecule has 0 saturated carbocycles. The summed E-state index contributed by atoms with van der Waals surface area (Å²) in [5.74, 6) is -0.283. The zero-order valence-corrected chi connectivity index (χ0v) is 13.9. The Hall–Kier alpha value is -0.610. The average Bonchev–Trinajstić information content (AvgIpc) is 2.43. The molecule has 0 heterocycles. The predicted molar refractivity (Wildman–Crippen MR) is 86.1 cm³/mol. The summed E-state index contributed by atoms with van der Waals surface area (Å²) in [7, 11) is 1.80. The summed E-state index contributed by atoms with van der Waals surface area (Å²) >= 11 is 15.1. The lowest BCUT2D eigenvalue weighted by Gasteiger charge is -2.18. The highest BCUT2D eigenvalue weighted by atomic mass is 79.9. The maximum absolute atomic E-state index is 14.1. The molecule has 1 nitrogen and oxygen atoms in total. The molecule has 20 heavy (non-hydrogen) atoms. The summed E-state index contributed by atoms with van der Waals surface area (Å²) in [5, 5.41) is 4.31. The van der Waals surface area contributed by atoms with Crippen LogP contribution in [-0.2, 0) is 6.42 Å². The van der Waals surface area contributed by atoms with Gasteiger partial charge in [0.2, 0.25) is 0 Å². The van der Waals surface area contributed by atoms with Crippen molar-refractivity contribution in [1.29, 1.82) is 0 Å². The number of halogens is 4. The Bertz CT molecular complexity index is 602. The van der Waals surface area contributed by atoms with Crippen LogP contribution in [0.15, 0.2) is 40.9 Å². The maximum atomic E-state index is 14.1. The molecule has 5 heteroatoms. The Kier molecular flexibility index (Phi) is 5.44. The third kappa shape index (κ3) is 3.73. The van der Waals surface area contributed by atoms with Crippen LogP contribution in [0.3, 0.4) is 0 Å². The van der Waals surface area contributed by atoms with Gasteiger partial charge in [-0.1, -0.05) is 35.3 Å². The first-order chi connectivity index (χ1) is 9.51. The van der Waals surface area contributed by atoms with Crippen LogP contribution in [0, 0.1) is 5.82 Å². The quantitative estimate of drug-likeness (QED) is 0.704. The van der Waals surface area contributed by atoms with Gasteiger partial charge in [-0.2, -0.15) is 0 Å². The van der Waals surface area contributed by atoms with Gasteiger partial charge in [0.15, 0.2) is 0 Å². The molecule has 1 unspecified atom stereocenters. The number of likely N-dealkylation sites (N-methyl/N-ethyl adjacent to an activating group) is 1. The first-order valence-electron chi connectivity index (χ1n) is 6.07. The van der Waals surface area contributed by atoms with Gasteiger partial charge < -0.3 is 5.32 Å². The van der Waals surface area contributed by atoms with E-state index in [-0.39, 0.29) is 11.9 Å². The summed E-state index contributed by atoms with van der Waals surface area (Å²) in [4.78, 5) is 0. The standard InChI is InChI=1S/C15H13BrCl2FN/c1-20-15(6-9-2-4-10(17)5-3-9)11-7-13(18)12(16)8-14(11)19/h2-5,7-8,15,20H,6H2,1H3. The van der Waals surface area contributed by atoms with Gasteiger partial charge in [-0.3, -0.25) is 0 Å². The van der Waals surface area contributed by atoms with Gasteiger partial charge in [0.1, 0.15) is 5.82 Å². The van der Waals surface area contributed by atoms with Crippen LogP contribution < -0.4 is 5.32 Å². The van der Waals surface area contributed by atoms with Crippen LogP contribution in [0.25, 0.3) is 0 Å². The van der Waals surface area contributed by atoms with Gasteiger partial charge >= 0.3 is 0 Å². The van der Waals surface area contributed by atoms with Gasteiger partial charge in [-0.05, 0) is 59.2 Å². The van der Waals surface area contributed by atoms with E-state index in [1.54, 1.807) is 13.1 Å². The first-order valence-corrected chi connectivity index (χ1v) is 7.62. The van der Waals surface area contributed by atoms with E-state index in [0.717, 1.165) is 5.56 Å². The molecule has 0 saturated heterocycles. The smallest absolute Gasteiger partial charge is 0.129 e. The number of hydrogen-bond acceptors (Lipinski definition) is 1. The topological polar surface area (TPSA) is 12.0 Å². The van der Waals surface area contributed by atoms with Crippen molar-refractivity contribution in [3.8, 4) is 0 Å². The molecule has 0 bridgehead atoms. The van der Waals surface area contributed by atoms with E-state index in [1.807, 2.05) is 24.3 Å². The molecule has 0 spiro atoms. The van der Waals surface area contributed by atoms with Gasteiger partial charge in [0, 0.05) is 21.1 Å². The van der Waals surface area contributed by atoms with E-state index in [9.17, 15) is 4.39 Å². The van der Waals surface area contributed by atoms with Crippen molar-refractivity contribution in [3.05, 3.63) is 67.9 Å². The van der Waals surface area contributed by atoms with Crippen LogP contribution >= 0.6 is 39.1 Å². The van der Waals surface area contributed by atoms with Crippen molar-refractivity contribution < 1.29 is 4.39 Å². The molecular weight excluding hydrogens is 364 g/mol. The Morgan fingerprint density at radius 3 is 2.45 bits per heavy atom. The lowest BCUT2D eigenvalue weighted by atomic mass is 9.98. The molecule has 0 radical (unpaired) electrons. The Balaban J connectivity index is 2.28. The average molecular weight is 377 g/mol. The second-order valence-corrected chi connectivity index (χ2v) is 6.16. The molecule has 0 aliphatic heterocycles. The van der Waals surface area contributed by atoms with Gasteiger partial charge in [-0.15, -0.1) is 0 Å². The molecule has 2 aromatic carbocycles. The zero-order valence-electron chi connectivity index (χ0n) is 10.8. The second-order valence-electron chi connectivity index (χ2n) is 4.46. The van der Waals surface area contributed by atoms with Crippen molar-refractivity contribution in [3.63, 3.8) is 0 Å². The van der Waals surface area contributed by atoms with Gasteiger partial charge in [0.05, 0.1) is 5.02 Å². The van der Waals surface area contributed by atoms with E-state index in [1.165, 1.54) is 6.07 Å². The van der Waals surface area contributed by atoms with E-state index in [2.05, 4.69) is 21.2 Å². The molecule has 1 atom stereocenters. The summed E-state index contributed by atoms with van der Waals surface area (Å²) in [5.41, 5.74) is 1.63. The van der Waals surface area contributed by atoms with Crippen molar-refractivity contribution >= 4 is 39.1 Å². The van der Waals surface area contributed by atoms with E-state index in [0.29, 0.717) is 26.5 Å². The Morgan fingerprint density at radius 2 is 1.85 bits per heavy atom. The Morgan fingerprint density at radius 1 is 1.20 bits per heavy atom. The number of rotatable bonds is 4. The van der Waals surface area contributed by atoms with E-state index in [4.69, 9.17) is 23.2 Å². The minimum absolute atomic E-state index is 0.151. The van der Waals surface area contributed by atoms with Crippen LogP contribution in [0.4, 0.5) is 4.39 Å². The van der Waals surface area contributed by atoms with Crippen LogP contribution in [0.1, 0.15) is 17.2 Å². The first kappa shape index (κ1) is 15.8. The summed E-state index contributed by atoms with van der Waals surface area (Å²) in [6.07, 6.45) is 0.655. The van der Waals surface area contributed by atoms with Crippen LogP contribution in [0.2, 0.25) is 10.0 Å². The van der Waals surface area contributed by atoms with Crippen molar-refractivity contribution in [2.24, 2.45) is 0 Å². The van der Waals surface area contributed by atoms with Gasteiger partial charge in [0.25, 0.3) is 0 Å². The fraction of sp³-hybridized carbons (Fsp3) is 0.200. The zero-order chi connectivity index (χ0) is 14.7. The third-order valence-corrected chi connectivity index (χ3v) is 4.57. The molecule has 106 valence electrons. The molecule has 0 aliphatic rings. The molecule has 0 aromatic heterocycles.